The third kappa shape index (κ3) is 0.195. The summed E-state index contributed by atoms with van der Waals surface area (Å²) < 4.78 is 0. The lowest BCUT2D eigenvalue weighted by molar-refractivity contribution is -0.696. The highest BCUT2D eigenvalue weighted by Crippen LogP contribution is 2.86. The lowest BCUT2D eigenvalue weighted by atomic mass is 9.16. The average Bonchev–Trinajstić information content (AvgIpc) is 1.95. The van der Waals surface area contributed by atoms with Crippen LogP contribution in [0.2, 0.25) is 0 Å². The van der Waals surface area contributed by atoms with Gasteiger partial charge in [0.15, 0.2) is 6.04 Å². The van der Waals surface area contributed by atoms with Crippen LogP contribution in [0.5, 0.6) is 0 Å². The first-order valence-corrected chi connectivity index (χ1v) is 4.57. The smallest absolute Gasteiger partial charge is 0.196 e. The Bertz CT molecular complexity index is 306. The van der Waals surface area contributed by atoms with Gasteiger partial charge in [-0.25, -0.2) is 0 Å². The zero-order valence-corrected chi connectivity index (χ0v) is 5.92. The molecular weight excluding hydrogens is 140 g/mol. The van der Waals surface area contributed by atoms with Gasteiger partial charge in [-0.3, -0.25) is 0 Å². The Labute approximate surface area is 63.7 Å². The normalized spacial score (nSPS) is 83.5. The van der Waals surface area contributed by atoms with Gasteiger partial charge in [-0.15, -0.1) is 0 Å². The van der Waals surface area contributed by atoms with Crippen molar-refractivity contribution in [2.24, 2.45) is 40.6 Å². The van der Waals surface area contributed by atoms with E-state index in [-0.39, 0.29) is 0 Å². The molecule has 2 bridgehead atoms. The van der Waals surface area contributed by atoms with E-state index in [4.69, 9.17) is 0 Å². The molecular formula is C8H8N2O. The van der Waals surface area contributed by atoms with Crippen molar-refractivity contribution in [2.75, 3.05) is 0 Å². The van der Waals surface area contributed by atoms with Crippen molar-refractivity contribution < 1.29 is 4.86 Å². The maximum Gasteiger partial charge on any atom is 0.196 e. The number of hydrogen-bond acceptors (Lipinski definition) is 2. The zero-order valence-electron chi connectivity index (χ0n) is 5.92. The van der Waals surface area contributed by atoms with Crippen LogP contribution in [0.25, 0.3) is 0 Å². The third-order valence-corrected chi connectivity index (χ3v) is 5.19. The summed E-state index contributed by atoms with van der Waals surface area (Å²) in [6.07, 6.45) is 0. The largest absolute Gasteiger partial charge is 0.600 e. The molecule has 3 heteroatoms. The first-order valence-electron chi connectivity index (χ1n) is 4.57. The van der Waals surface area contributed by atoms with Crippen LogP contribution >= 0.6 is 0 Å². The van der Waals surface area contributed by atoms with E-state index in [1.807, 2.05) is 0 Å². The van der Waals surface area contributed by atoms with Crippen molar-refractivity contribution in [1.29, 1.82) is 0 Å². The Morgan fingerprint density at radius 2 is 1.55 bits per heavy atom. The zero-order chi connectivity index (χ0) is 6.90. The molecule has 4 unspecified atom stereocenters. The first-order chi connectivity index (χ1) is 5.39. The van der Waals surface area contributed by atoms with Gasteiger partial charge in [0.05, 0.1) is 0 Å². The standard InChI is InChI=1S/C8H8N2O/c11-10-8-5-2-1-3(5)7(9-10)4(1)6(2)8/h1-8H. The Kier molecular flexibility index (Phi) is 0.356. The molecule has 3 nitrogen and oxygen atoms in total. The molecule has 6 aliphatic rings. The van der Waals surface area contributed by atoms with E-state index < -0.39 is 0 Å². The molecule has 4 fully saturated rings. The van der Waals surface area contributed by atoms with Crippen molar-refractivity contribution in [3.05, 3.63) is 5.21 Å². The van der Waals surface area contributed by atoms with Gasteiger partial charge < -0.3 is 5.21 Å². The molecule has 0 aromatic heterocycles. The highest BCUT2D eigenvalue weighted by molar-refractivity contribution is 5.36. The van der Waals surface area contributed by atoms with Gasteiger partial charge in [0.1, 0.15) is 6.04 Å². The maximum absolute atomic E-state index is 11.2. The maximum atomic E-state index is 11.2. The van der Waals surface area contributed by atoms with Crippen molar-refractivity contribution >= 4 is 0 Å². The monoisotopic (exact) mass is 148 g/mol. The number of hydrogen-bond donors (Lipinski definition) is 0. The molecule has 0 spiro atoms. The Balaban J connectivity index is 1.86. The lowest BCUT2D eigenvalue weighted by Crippen LogP contribution is -2.94. The summed E-state index contributed by atoms with van der Waals surface area (Å²) in [6, 6.07) is 0.840. The molecule has 0 saturated heterocycles. The molecule has 2 heterocycles. The van der Waals surface area contributed by atoms with Gasteiger partial charge >= 0.3 is 0 Å². The van der Waals surface area contributed by atoms with E-state index in [9.17, 15) is 5.21 Å². The van der Waals surface area contributed by atoms with Crippen LogP contribution in [0.3, 0.4) is 0 Å². The molecule has 0 radical (unpaired) electrons. The Morgan fingerprint density at radius 1 is 0.909 bits per heavy atom. The van der Waals surface area contributed by atoms with Crippen LogP contribution in [0, 0.1) is 40.7 Å². The Morgan fingerprint density at radius 3 is 2.09 bits per heavy atom. The lowest BCUT2D eigenvalue weighted by Gasteiger charge is -2.87. The molecule has 0 aromatic rings. The van der Waals surface area contributed by atoms with Crippen LogP contribution in [-0.2, 0) is 0 Å². The van der Waals surface area contributed by atoms with Gasteiger partial charge in [0.25, 0.3) is 0 Å². The van der Waals surface area contributed by atoms with Crippen LogP contribution in [-0.4, -0.2) is 16.9 Å². The van der Waals surface area contributed by atoms with E-state index in [0.29, 0.717) is 12.1 Å². The number of rotatable bonds is 0. The number of nitrogens with zero attached hydrogens (tertiary/aromatic N) is 2. The van der Waals surface area contributed by atoms with Crippen molar-refractivity contribution in [1.82, 2.24) is 0 Å². The summed E-state index contributed by atoms with van der Waals surface area (Å²) in [5, 5.41) is 15.4. The fourth-order valence-corrected chi connectivity index (χ4v) is 4.98. The van der Waals surface area contributed by atoms with E-state index in [0.717, 1.165) is 40.4 Å². The number of hydroxylamine groups is 1. The molecule has 56 valence electrons. The molecule has 4 atom stereocenters. The van der Waals surface area contributed by atoms with Gasteiger partial charge in [-0.2, -0.15) is 0 Å². The molecule has 4 aliphatic carbocycles. The van der Waals surface area contributed by atoms with E-state index >= 15 is 0 Å². The SMILES string of the molecule is [O-][N+]1=NC2C3C4C2C2C4C3C21. The molecule has 4 saturated carbocycles. The molecule has 0 aromatic carbocycles. The minimum absolute atomic E-state index is 0.352. The molecule has 0 N–H and O–H groups in total. The molecule has 11 heavy (non-hydrogen) atoms. The van der Waals surface area contributed by atoms with Gasteiger partial charge in [0, 0.05) is 23.7 Å². The van der Waals surface area contributed by atoms with Crippen LogP contribution in [0.15, 0.2) is 5.11 Å². The van der Waals surface area contributed by atoms with E-state index in [1.54, 1.807) is 0 Å². The summed E-state index contributed by atoms with van der Waals surface area (Å²) in [4.78, 5) is 1.04. The van der Waals surface area contributed by atoms with Crippen molar-refractivity contribution in [2.45, 2.75) is 12.1 Å². The molecule has 2 aliphatic heterocycles. The van der Waals surface area contributed by atoms with Crippen molar-refractivity contribution in [3.63, 3.8) is 0 Å². The van der Waals surface area contributed by atoms with Gasteiger partial charge in [-0.05, 0) is 17.0 Å². The quantitative estimate of drug-likeness (QED) is 0.363. The highest BCUT2D eigenvalue weighted by atomic mass is 16.5. The fourth-order valence-electron chi connectivity index (χ4n) is 4.98. The molecule has 0 amide bonds. The summed E-state index contributed by atoms with van der Waals surface area (Å²) in [6.45, 7) is 0. The van der Waals surface area contributed by atoms with Gasteiger partial charge in [-0.1, -0.05) is 4.86 Å². The first kappa shape index (κ1) is 4.43. The van der Waals surface area contributed by atoms with E-state index in [1.165, 1.54) is 0 Å². The van der Waals surface area contributed by atoms with Crippen molar-refractivity contribution in [3.8, 4) is 0 Å². The highest BCUT2D eigenvalue weighted by Gasteiger charge is 2.93. The topological polar surface area (TPSA) is 38.4 Å². The minimum atomic E-state index is 0.352. The minimum Gasteiger partial charge on any atom is -0.600 e. The summed E-state index contributed by atoms with van der Waals surface area (Å²) in [5.74, 6) is 5.40. The predicted octanol–water partition coefficient (Wildman–Crippen LogP) is 0.451. The van der Waals surface area contributed by atoms with E-state index in [2.05, 4.69) is 5.11 Å². The van der Waals surface area contributed by atoms with Crippen LogP contribution in [0.4, 0.5) is 0 Å². The predicted molar refractivity (Wildman–Crippen MR) is 34.6 cm³/mol. The summed E-state index contributed by atoms with van der Waals surface area (Å²) >= 11 is 0. The fraction of sp³-hybridized carbons (Fsp3) is 1.00. The third-order valence-electron chi connectivity index (χ3n) is 5.19. The Hall–Kier alpha value is -0.600. The second-order valence-corrected chi connectivity index (χ2v) is 4.86. The number of azo groups is 1. The molecule has 6 rings (SSSR count). The van der Waals surface area contributed by atoms with Crippen LogP contribution in [0.1, 0.15) is 0 Å². The van der Waals surface area contributed by atoms with Crippen LogP contribution < -0.4 is 0 Å². The average molecular weight is 148 g/mol. The second kappa shape index (κ2) is 0.883. The summed E-state index contributed by atoms with van der Waals surface area (Å²) in [7, 11) is 0. The van der Waals surface area contributed by atoms with Gasteiger partial charge in [0.2, 0.25) is 0 Å². The summed E-state index contributed by atoms with van der Waals surface area (Å²) in [5.41, 5.74) is 0. The second-order valence-electron chi connectivity index (χ2n) is 4.86.